The molecule has 1 heterocycles. The molecular weight excluding hydrogens is 188 g/mol. The smallest absolute Gasteiger partial charge is 0.104 e. The zero-order valence-corrected chi connectivity index (χ0v) is 10.5. The number of ether oxygens (including phenoxy) is 2. The van der Waals surface area contributed by atoms with Crippen molar-refractivity contribution in [1.29, 1.82) is 0 Å². The molecule has 2 nitrogen and oxygen atoms in total. The van der Waals surface area contributed by atoms with Crippen molar-refractivity contribution in [2.45, 2.75) is 52.7 Å². The molecule has 15 heavy (non-hydrogen) atoms. The molecule has 88 valence electrons. The lowest BCUT2D eigenvalue weighted by Crippen LogP contribution is -2.46. The average molecular weight is 212 g/mol. The Balaban J connectivity index is 1.96. The summed E-state index contributed by atoms with van der Waals surface area (Å²) in [6.45, 7) is 11.1. The van der Waals surface area contributed by atoms with Gasteiger partial charge in [0.05, 0.1) is 19.3 Å². The van der Waals surface area contributed by atoms with Crippen molar-refractivity contribution in [2.24, 2.45) is 17.3 Å². The van der Waals surface area contributed by atoms with Crippen LogP contribution < -0.4 is 0 Å². The predicted octanol–water partition coefficient (Wildman–Crippen LogP) is 2.86. The summed E-state index contributed by atoms with van der Waals surface area (Å²) >= 11 is 0. The molecule has 1 unspecified atom stereocenters. The van der Waals surface area contributed by atoms with Gasteiger partial charge >= 0.3 is 0 Å². The summed E-state index contributed by atoms with van der Waals surface area (Å²) in [4.78, 5) is 0. The van der Waals surface area contributed by atoms with Crippen molar-refractivity contribution in [2.75, 3.05) is 13.2 Å². The van der Waals surface area contributed by atoms with Gasteiger partial charge in [-0.2, -0.15) is 0 Å². The van der Waals surface area contributed by atoms with E-state index in [1.807, 2.05) is 0 Å². The van der Waals surface area contributed by atoms with Crippen LogP contribution >= 0.6 is 0 Å². The van der Waals surface area contributed by atoms with Crippen molar-refractivity contribution in [3.05, 3.63) is 0 Å². The van der Waals surface area contributed by atoms with Crippen LogP contribution in [0.15, 0.2) is 0 Å². The molecule has 0 spiro atoms. The van der Waals surface area contributed by atoms with E-state index >= 15 is 0 Å². The van der Waals surface area contributed by atoms with Gasteiger partial charge in [-0.05, 0) is 30.1 Å². The lowest BCUT2D eigenvalue weighted by Gasteiger charge is -2.46. The first-order chi connectivity index (χ1) is 7.01. The minimum atomic E-state index is 0.312. The zero-order valence-electron chi connectivity index (χ0n) is 10.5. The molecule has 2 aliphatic rings. The highest BCUT2D eigenvalue weighted by molar-refractivity contribution is 4.92. The maximum atomic E-state index is 6.08. The van der Waals surface area contributed by atoms with Crippen molar-refractivity contribution < 1.29 is 9.47 Å². The van der Waals surface area contributed by atoms with Gasteiger partial charge in [0.2, 0.25) is 0 Å². The van der Waals surface area contributed by atoms with Crippen LogP contribution in [0.4, 0.5) is 0 Å². The summed E-state index contributed by atoms with van der Waals surface area (Å²) in [7, 11) is 0. The van der Waals surface area contributed by atoms with Crippen LogP contribution in [0, 0.1) is 17.3 Å². The molecule has 1 aliphatic heterocycles. The standard InChI is InChI=1S/C13H24O2/c1-9-5-6-10(2)13(3,4)12(9)15-8-11-7-14-11/h9-12H,5-8H2,1-4H3/t9-,10-,11?,12+/m0/s1. The summed E-state index contributed by atoms with van der Waals surface area (Å²) in [5.74, 6) is 1.45. The van der Waals surface area contributed by atoms with Crippen molar-refractivity contribution >= 4 is 0 Å². The van der Waals surface area contributed by atoms with Gasteiger partial charge in [0.15, 0.2) is 0 Å². The Labute approximate surface area is 93.3 Å². The SMILES string of the molecule is C[C@H]1CC[C@H](C)C(C)(C)[C@@H]1OCC1CO1. The van der Waals surface area contributed by atoms with Crippen molar-refractivity contribution in [3.8, 4) is 0 Å². The molecule has 0 aromatic heterocycles. The van der Waals surface area contributed by atoms with Crippen LogP contribution in [0.2, 0.25) is 0 Å². The molecule has 0 bridgehead atoms. The molecule has 0 radical (unpaired) electrons. The maximum absolute atomic E-state index is 6.08. The highest BCUT2D eigenvalue weighted by Gasteiger charge is 2.43. The van der Waals surface area contributed by atoms with E-state index in [1.54, 1.807) is 0 Å². The lowest BCUT2D eigenvalue weighted by atomic mass is 9.64. The summed E-state index contributed by atoms with van der Waals surface area (Å²) in [5, 5.41) is 0. The van der Waals surface area contributed by atoms with Gasteiger partial charge in [0, 0.05) is 0 Å². The normalized spacial score (nSPS) is 44.0. The Hall–Kier alpha value is -0.0800. The fraction of sp³-hybridized carbons (Fsp3) is 1.00. The van der Waals surface area contributed by atoms with E-state index in [9.17, 15) is 0 Å². The third-order valence-electron chi connectivity index (χ3n) is 4.44. The van der Waals surface area contributed by atoms with E-state index in [1.165, 1.54) is 12.8 Å². The number of hydrogen-bond acceptors (Lipinski definition) is 2. The second kappa shape index (κ2) is 4.06. The molecule has 0 aromatic carbocycles. The molecule has 2 heteroatoms. The zero-order chi connectivity index (χ0) is 11.1. The van der Waals surface area contributed by atoms with Gasteiger partial charge in [0.1, 0.15) is 6.10 Å². The Kier molecular flexibility index (Phi) is 3.09. The number of hydrogen-bond donors (Lipinski definition) is 0. The largest absolute Gasteiger partial charge is 0.375 e. The average Bonchev–Trinajstić information content (AvgIpc) is 2.95. The molecule has 4 atom stereocenters. The van der Waals surface area contributed by atoms with Gasteiger partial charge in [-0.25, -0.2) is 0 Å². The van der Waals surface area contributed by atoms with E-state index in [2.05, 4.69) is 27.7 Å². The van der Waals surface area contributed by atoms with Gasteiger partial charge < -0.3 is 9.47 Å². The van der Waals surface area contributed by atoms with Gasteiger partial charge in [-0.15, -0.1) is 0 Å². The van der Waals surface area contributed by atoms with Gasteiger partial charge in [-0.3, -0.25) is 0 Å². The van der Waals surface area contributed by atoms with Gasteiger partial charge in [-0.1, -0.05) is 27.7 Å². The highest BCUT2D eigenvalue weighted by Crippen LogP contribution is 2.44. The molecule has 2 rings (SSSR count). The second-order valence-corrected chi connectivity index (χ2v) is 5.99. The van der Waals surface area contributed by atoms with E-state index in [4.69, 9.17) is 9.47 Å². The lowest BCUT2D eigenvalue weighted by molar-refractivity contribution is -0.107. The summed E-state index contributed by atoms with van der Waals surface area (Å²) in [6, 6.07) is 0. The summed E-state index contributed by atoms with van der Waals surface area (Å²) in [5.41, 5.74) is 0.312. The molecular formula is C13H24O2. The van der Waals surface area contributed by atoms with Gasteiger partial charge in [0.25, 0.3) is 0 Å². The molecule has 0 aromatic rings. The Bertz CT molecular complexity index is 221. The fourth-order valence-electron chi connectivity index (χ4n) is 2.80. The van der Waals surface area contributed by atoms with Crippen molar-refractivity contribution in [1.82, 2.24) is 0 Å². The molecule has 0 amide bonds. The first-order valence-corrected chi connectivity index (χ1v) is 6.25. The van der Waals surface area contributed by atoms with E-state index in [-0.39, 0.29) is 0 Å². The Morgan fingerprint density at radius 3 is 2.53 bits per heavy atom. The maximum Gasteiger partial charge on any atom is 0.104 e. The summed E-state index contributed by atoms with van der Waals surface area (Å²) in [6.07, 6.45) is 3.45. The molecule has 1 saturated carbocycles. The first-order valence-electron chi connectivity index (χ1n) is 6.25. The third-order valence-corrected chi connectivity index (χ3v) is 4.44. The number of rotatable bonds is 3. The Morgan fingerprint density at radius 1 is 1.27 bits per heavy atom. The second-order valence-electron chi connectivity index (χ2n) is 5.99. The quantitative estimate of drug-likeness (QED) is 0.671. The minimum absolute atomic E-state index is 0.312. The monoisotopic (exact) mass is 212 g/mol. The van der Waals surface area contributed by atoms with E-state index in [0.717, 1.165) is 19.1 Å². The van der Waals surface area contributed by atoms with E-state index in [0.29, 0.717) is 23.5 Å². The molecule has 2 fully saturated rings. The van der Waals surface area contributed by atoms with Crippen LogP contribution in [0.25, 0.3) is 0 Å². The van der Waals surface area contributed by atoms with Crippen LogP contribution in [0.1, 0.15) is 40.5 Å². The molecule has 0 N–H and O–H groups in total. The molecule has 1 aliphatic carbocycles. The van der Waals surface area contributed by atoms with Crippen LogP contribution in [-0.4, -0.2) is 25.4 Å². The molecule has 1 saturated heterocycles. The fourth-order valence-corrected chi connectivity index (χ4v) is 2.80. The van der Waals surface area contributed by atoms with Crippen LogP contribution in [-0.2, 0) is 9.47 Å². The predicted molar refractivity (Wildman–Crippen MR) is 60.8 cm³/mol. The summed E-state index contributed by atoms with van der Waals surface area (Å²) < 4.78 is 11.3. The minimum Gasteiger partial charge on any atom is -0.375 e. The third kappa shape index (κ3) is 2.36. The first kappa shape index (κ1) is 11.4. The highest BCUT2D eigenvalue weighted by atomic mass is 16.6. The number of epoxide rings is 1. The van der Waals surface area contributed by atoms with Crippen LogP contribution in [0.3, 0.4) is 0 Å². The van der Waals surface area contributed by atoms with Crippen LogP contribution in [0.5, 0.6) is 0 Å². The van der Waals surface area contributed by atoms with E-state index < -0.39 is 0 Å². The Morgan fingerprint density at radius 2 is 1.93 bits per heavy atom. The topological polar surface area (TPSA) is 21.8 Å². The van der Waals surface area contributed by atoms with Crippen molar-refractivity contribution in [3.63, 3.8) is 0 Å².